The number of fused-ring (bicyclic) bond motifs is 2. The fourth-order valence-corrected chi connectivity index (χ4v) is 3.88. The number of pyridine rings is 2. The number of benzene rings is 2. The highest BCUT2D eigenvalue weighted by Gasteiger charge is 2.15. The largest absolute Gasteiger partial charge is 0.436 e. The summed E-state index contributed by atoms with van der Waals surface area (Å²) >= 11 is 0. The molecule has 0 amide bonds. The fraction of sp³-hybridized carbons (Fsp3) is 0.0385. The van der Waals surface area contributed by atoms with Crippen molar-refractivity contribution in [3.05, 3.63) is 85.3 Å². The number of para-hydroxylation sites is 2. The molecular formula is C26H20N8O. The van der Waals surface area contributed by atoms with Crippen molar-refractivity contribution >= 4 is 39.5 Å². The summed E-state index contributed by atoms with van der Waals surface area (Å²) in [6.07, 6.45) is 5.12. The van der Waals surface area contributed by atoms with Crippen molar-refractivity contribution < 1.29 is 4.74 Å². The minimum atomic E-state index is 0.429. The fourth-order valence-electron chi connectivity index (χ4n) is 3.88. The second kappa shape index (κ2) is 8.71. The number of imidazole rings is 1. The molecule has 170 valence electrons. The topological polar surface area (TPSA) is 114 Å². The molecule has 2 aromatic carbocycles. The van der Waals surface area contributed by atoms with Crippen molar-refractivity contribution in [3.8, 4) is 22.9 Å². The van der Waals surface area contributed by atoms with Gasteiger partial charge in [0, 0.05) is 31.0 Å². The summed E-state index contributed by atoms with van der Waals surface area (Å²) in [6.45, 7) is 0. The van der Waals surface area contributed by atoms with Crippen LogP contribution < -0.4 is 15.4 Å². The molecule has 9 nitrogen and oxygen atoms in total. The van der Waals surface area contributed by atoms with E-state index >= 15 is 0 Å². The molecule has 0 aliphatic carbocycles. The van der Waals surface area contributed by atoms with Gasteiger partial charge in [0.15, 0.2) is 5.75 Å². The quantitative estimate of drug-likeness (QED) is 0.297. The maximum atomic E-state index is 6.30. The first-order valence-electron chi connectivity index (χ1n) is 11.0. The summed E-state index contributed by atoms with van der Waals surface area (Å²) in [4.78, 5) is 25.7. The Morgan fingerprint density at radius 1 is 0.800 bits per heavy atom. The van der Waals surface area contributed by atoms with Gasteiger partial charge in [-0.15, -0.1) is 0 Å². The smallest absolute Gasteiger partial charge is 0.228 e. The van der Waals surface area contributed by atoms with Crippen LogP contribution in [0.15, 0.2) is 85.3 Å². The van der Waals surface area contributed by atoms with Crippen molar-refractivity contribution in [2.24, 2.45) is 0 Å². The van der Waals surface area contributed by atoms with E-state index in [2.05, 4.69) is 40.5 Å². The SMILES string of the molecule is CNc1nccc(-c2cccnc2Oc2ccc(Nc3nc4ccccc4[nH]3)c3cccnc23)n1. The normalized spacial score (nSPS) is 11.0. The first kappa shape index (κ1) is 20.5. The van der Waals surface area contributed by atoms with Gasteiger partial charge in [-0.3, -0.25) is 4.98 Å². The zero-order valence-electron chi connectivity index (χ0n) is 18.7. The van der Waals surface area contributed by atoms with Gasteiger partial charge in [0.25, 0.3) is 0 Å². The molecule has 0 aliphatic rings. The number of hydrogen-bond donors (Lipinski definition) is 3. The van der Waals surface area contributed by atoms with Crippen molar-refractivity contribution in [3.63, 3.8) is 0 Å². The molecule has 6 rings (SSSR count). The van der Waals surface area contributed by atoms with Crippen molar-refractivity contribution in [2.75, 3.05) is 17.7 Å². The number of rotatable bonds is 6. The van der Waals surface area contributed by atoms with Gasteiger partial charge in [0.05, 0.1) is 28.0 Å². The summed E-state index contributed by atoms with van der Waals surface area (Å²) in [6, 6.07) is 21.2. The van der Waals surface area contributed by atoms with E-state index in [4.69, 9.17) is 4.74 Å². The number of aromatic amines is 1. The van der Waals surface area contributed by atoms with Crippen LogP contribution in [-0.2, 0) is 0 Å². The van der Waals surface area contributed by atoms with Crippen LogP contribution in [-0.4, -0.2) is 37.0 Å². The molecule has 0 atom stereocenters. The standard InChI is InChI=1S/C26H20N8O/c1-27-25-30-15-12-19(31-25)17-7-5-14-29-24(17)35-22-11-10-18(16-6-4-13-28-23(16)22)32-26-33-20-8-2-3-9-21(20)34-26/h2-15H,1H3,(H,27,30,31)(H2,32,33,34). The van der Waals surface area contributed by atoms with Gasteiger partial charge in [-0.1, -0.05) is 12.1 Å². The molecule has 35 heavy (non-hydrogen) atoms. The van der Waals surface area contributed by atoms with Gasteiger partial charge in [-0.2, -0.15) is 0 Å². The van der Waals surface area contributed by atoms with Crippen LogP contribution in [0.25, 0.3) is 33.2 Å². The van der Waals surface area contributed by atoms with E-state index in [-0.39, 0.29) is 0 Å². The van der Waals surface area contributed by atoms with E-state index in [0.29, 0.717) is 34.7 Å². The molecule has 0 saturated heterocycles. The van der Waals surface area contributed by atoms with Crippen LogP contribution >= 0.6 is 0 Å². The van der Waals surface area contributed by atoms with Crippen LogP contribution in [0.1, 0.15) is 0 Å². The molecular weight excluding hydrogens is 440 g/mol. The molecule has 4 aromatic heterocycles. The van der Waals surface area contributed by atoms with E-state index < -0.39 is 0 Å². The predicted octanol–water partition coefficient (Wildman–Crippen LogP) is 5.54. The third-order valence-corrected chi connectivity index (χ3v) is 5.51. The molecule has 0 bridgehead atoms. The monoisotopic (exact) mass is 460 g/mol. The number of nitrogens with one attached hydrogen (secondary N) is 3. The lowest BCUT2D eigenvalue weighted by Crippen LogP contribution is -1.99. The third kappa shape index (κ3) is 3.95. The Labute approximate surface area is 200 Å². The van der Waals surface area contributed by atoms with E-state index in [1.165, 1.54) is 0 Å². The first-order valence-corrected chi connectivity index (χ1v) is 11.0. The minimum Gasteiger partial charge on any atom is -0.436 e. The summed E-state index contributed by atoms with van der Waals surface area (Å²) in [5, 5.41) is 7.22. The van der Waals surface area contributed by atoms with Crippen molar-refractivity contribution in [2.45, 2.75) is 0 Å². The number of anilines is 3. The van der Waals surface area contributed by atoms with Crippen LogP contribution in [0.5, 0.6) is 11.6 Å². The molecule has 0 unspecified atom stereocenters. The second-order valence-electron chi connectivity index (χ2n) is 7.71. The van der Waals surface area contributed by atoms with Crippen LogP contribution in [0.4, 0.5) is 17.6 Å². The van der Waals surface area contributed by atoms with Crippen molar-refractivity contribution in [1.29, 1.82) is 0 Å². The Hall–Kier alpha value is -5.05. The third-order valence-electron chi connectivity index (χ3n) is 5.51. The van der Waals surface area contributed by atoms with E-state index in [0.717, 1.165) is 27.7 Å². The molecule has 0 saturated carbocycles. The highest BCUT2D eigenvalue weighted by Crippen LogP contribution is 2.36. The van der Waals surface area contributed by atoms with Gasteiger partial charge >= 0.3 is 0 Å². The summed E-state index contributed by atoms with van der Waals surface area (Å²) in [5.74, 6) is 2.18. The lowest BCUT2D eigenvalue weighted by Gasteiger charge is -2.13. The highest BCUT2D eigenvalue weighted by molar-refractivity contribution is 5.96. The lowest BCUT2D eigenvalue weighted by molar-refractivity contribution is 0.469. The molecule has 4 heterocycles. The van der Waals surface area contributed by atoms with Gasteiger partial charge in [-0.05, 0) is 54.6 Å². The average Bonchev–Trinajstić information content (AvgIpc) is 3.33. The second-order valence-corrected chi connectivity index (χ2v) is 7.71. The molecule has 3 N–H and O–H groups in total. The van der Waals surface area contributed by atoms with Crippen LogP contribution in [0, 0.1) is 0 Å². The number of aromatic nitrogens is 6. The number of nitrogens with zero attached hydrogens (tertiary/aromatic N) is 5. The van der Waals surface area contributed by atoms with E-state index in [1.807, 2.05) is 66.7 Å². The predicted molar refractivity (Wildman–Crippen MR) is 136 cm³/mol. The number of H-pyrrole nitrogens is 1. The zero-order chi connectivity index (χ0) is 23.6. The maximum Gasteiger partial charge on any atom is 0.228 e. The number of ether oxygens (including phenoxy) is 1. The Morgan fingerprint density at radius 3 is 2.60 bits per heavy atom. The van der Waals surface area contributed by atoms with Gasteiger partial charge < -0.3 is 20.4 Å². The Morgan fingerprint density at radius 2 is 1.69 bits per heavy atom. The van der Waals surface area contributed by atoms with Gasteiger partial charge in [0.1, 0.15) is 5.52 Å². The Kier molecular flexibility index (Phi) is 5.12. The Bertz CT molecular complexity index is 1630. The minimum absolute atomic E-state index is 0.429. The molecule has 0 spiro atoms. The van der Waals surface area contributed by atoms with Gasteiger partial charge in [-0.25, -0.2) is 19.9 Å². The molecule has 0 fully saturated rings. The Balaban J connectivity index is 1.37. The highest BCUT2D eigenvalue weighted by atomic mass is 16.5. The molecule has 0 radical (unpaired) electrons. The molecule has 0 aliphatic heterocycles. The lowest BCUT2D eigenvalue weighted by atomic mass is 10.1. The maximum absolute atomic E-state index is 6.30. The summed E-state index contributed by atoms with van der Waals surface area (Å²) < 4.78 is 6.30. The summed E-state index contributed by atoms with van der Waals surface area (Å²) in [7, 11) is 1.78. The summed E-state index contributed by atoms with van der Waals surface area (Å²) in [5.41, 5.74) is 4.87. The molecule has 9 heteroatoms. The zero-order valence-corrected chi connectivity index (χ0v) is 18.7. The van der Waals surface area contributed by atoms with Crippen LogP contribution in [0.2, 0.25) is 0 Å². The van der Waals surface area contributed by atoms with Gasteiger partial charge in [0.2, 0.25) is 17.8 Å². The van der Waals surface area contributed by atoms with E-state index in [1.54, 1.807) is 25.6 Å². The van der Waals surface area contributed by atoms with Crippen molar-refractivity contribution in [1.82, 2.24) is 29.9 Å². The number of hydrogen-bond acceptors (Lipinski definition) is 8. The van der Waals surface area contributed by atoms with E-state index in [9.17, 15) is 0 Å². The average molecular weight is 461 g/mol. The first-order chi connectivity index (χ1) is 17.3. The molecule has 6 aromatic rings. The van der Waals surface area contributed by atoms with Crippen LogP contribution in [0.3, 0.4) is 0 Å².